The first-order valence-electron chi connectivity index (χ1n) is 4.74. The molecule has 0 unspecified atom stereocenters. The molecule has 0 atom stereocenters. The van der Waals surface area contributed by atoms with Crippen LogP contribution in [-0.2, 0) is 9.53 Å². The van der Waals surface area contributed by atoms with Crippen LogP contribution < -0.4 is 0 Å². The van der Waals surface area contributed by atoms with Gasteiger partial charge in [-0.1, -0.05) is 4.49 Å². The van der Waals surface area contributed by atoms with Crippen molar-refractivity contribution in [2.24, 2.45) is 0 Å². The molecule has 0 bridgehead atoms. The summed E-state index contributed by atoms with van der Waals surface area (Å²) < 4.78 is 8.12. The van der Waals surface area contributed by atoms with Crippen molar-refractivity contribution in [3.8, 4) is 0 Å². The van der Waals surface area contributed by atoms with Crippen LogP contribution in [0.25, 0.3) is 0 Å². The van der Waals surface area contributed by atoms with E-state index in [2.05, 4.69) is 14.3 Å². The van der Waals surface area contributed by atoms with Gasteiger partial charge in [-0.05, 0) is 18.0 Å². The van der Waals surface area contributed by atoms with Crippen molar-refractivity contribution in [2.45, 2.75) is 12.8 Å². The molecule has 1 heterocycles. The Morgan fingerprint density at radius 3 is 2.88 bits per heavy atom. The van der Waals surface area contributed by atoms with E-state index in [0.717, 1.165) is 11.5 Å². The molecule has 16 heavy (non-hydrogen) atoms. The number of hydrogen-bond acceptors (Lipinski definition) is 6. The summed E-state index contributed by atoms with van der Waals surface area (Å²) in [6.45, 7) is 0.506. The summed E-state index contributed by atoms with van der Waals surface area (Å²) in [5, 5.41) is 3.59. The lowest BCUT2D eigenvalue weighted by Crippen LogP contribution is -2.27. The fourth-order valence-electron chi connectivity index (χ4n) is 1.11. The van der Waals surface area contributed by atoms with E-state index in [0.29, 0.717) is 24.3 Å². The molecule has 0 spiro atoms. The Bertz CT molecular complexity index is 353. The van der Waals surface area contributed by atoms with Gasteiger partial charge in [-0.3, -0.25) is 9.59 Å². The van der Waals surface area contributed by atoms with E-state index in [-0.39, 0.29) is 11.9 Å². The van der Waals surface area contributed by atoms with Gasteiger partial charge in [0.05, 0.1) is 13.3 Å². The smallest absolute Gasteiger partial charge is 0.305 e. The monoisotopic (exact) mass is 243 g/mol. The number of aromatic nitrogens is 2. The molecule has 88 valence electrons. The highest BCUT2D eigenvalue weighted by molar-refractivity contribution is 7.07. The first kappa shape index (κ1) is 12.6. The number of methoxy groups -OCH3 is 1. The van der Waals surface area contributed by atoms with Crippen LogP contribution in [0.5, 0.6) is 0 Å². The van der Waals surface area contributed by atoms with Crippen LogP contribution in [0.1, 0.15) is 22.5 Å². The third-order valence-electron chi connectivity index (χ3n) is 2.02. The average molecular weight is 243 g/mol. The summed E-state index contributed by atoms with van der Waals surface area (Å²) in [4.78, 5) is 24.6. The van der Waals surface area contributed by atoms with Gasteiger partial charge in [0.2, 0.25) is 0 Å². The molecule has 0 aliphatic heterocycles. The number of nitrogens with zero attached hydrogens (tertiary/aromatic N) is 3. The maximum atomic E-state index is 11.7. The number of carbonyl (C=O) groups excluding carboxylic acids is 2. The van der Waals surface area contributed by atoms with Gasteiger partial charge in [0.15, 0.2) is 0 Å². The van der Waals surface area contributed by atoms with E-state index in [1.807, 2.05) is 0 Å². The summed E-state index contributed by atoms with van der Waals surface area (Å²) in [6, 6.07) is 0. The quantitative estimate of drug-likeness (QED) is 0.707. The van der Waals surface area contributed by atoms with Gasteiger partial charge in [-0.15, -0.1) is 5.10 Å². The van der Waals surface area contributed by atoms with Crippen molar-refractivity contribution in [2.75, 3.05) is 20.7 Å². The van der Waals surface area contributed by atoms with Crippen molar-refractivity contribution in [1.82, 2.24) is 14.5 Å². The van der Waals surface area contributed by atoms with E-state index in [9.17, 15) is 9.59 Å². The van der Waals surface area contributed by atoms with Crippen molar-refractivity contribution < 1.29 is 14.3 Å². The highest BCUT2D eigenvalue weighted by atomic mass is 32.1. The van der Waals surface area contributed by atoms with Crippen LogP contribution in [0, 0.1) is 0 Å². The molecule has 6 nitrogen and oxygen atoms in total. The van der Waals surface area contributed by atoms with Gasteiger partial charge in [0.1, 0.15) is 4.88 Å². The molecule has 0 aliphatic rings. The van der Waals surface area contributed by atoms with Crippen molar-refractivity contribution in [1.29, 1.82) is 0 Å². The van der Waals surface area contributed by atoms with Gasteiger partial charge in [0, 0.05) is 20.0 Å². The van der Waals surface area contributed by atoms with E-state index >= 15 is 0 Å². The van der Waals surface area contributed by atoms with Crippen molar-refractivity contribution >= 4 is 23.4 Å². The molecule has 0 saturated carbocycles. The molecule has 1 amide bonds. The molecule has 0 radical (unpaired) electrons. The summed E-state index contributed by atoms with van der Waals surface area (Å²) in [5.74, 6) is -0.389. The van der Waals surface area contributed by atoms with E-state index in [1.54, 1.807) is 7.05 Å². The number of rotatable bonds is 5. The number of ether oxygens (including phenoxy) is 1. The molecular formula is C9H13N3O3S. The summed E-state index contributed by atoms with van der Waals surface area (Å²) in [5.41, 5.74) is 0. The van der Waals surface area contributed by atoms with Gasteiger partial charge < -0.3 is 9.64 Å². The lowest BCUT2D eigenvalue weighted by atomic mass is 10.3. The molecule has 1 aromatic rings. The molecule has 0 saturated heterocycles. The lowest BCUT2D eigenvalue weighted by Gasteiger charge is -2.14. The van der Waals surface area contributed by atoms with Gasteiger partial charge in [-0.2, -0.15) is 0 Å². The standard InChI is InChI=1S/C9H13N3O3S/c1-12(5-3-4-8(13)15-2)9(14)7-6-10-11-16-7/h6H,3-5H2,1-2H3. The SMILES string of the molecule is COC(=O)CCCN(C)C(=O)c1cnns1. The number of hydrogen-bond donors (Lipinski definition) is 0. The van der Waals surface area contributed by atoms with Crippen LogP contribution >= 0.6 is 11.5 Å². The van der Waals surface area contributed by atoms with Crippen molar-refractivity contribution in [3.63, 3.8) is 0 Å². The molecular weight excluding hydrogens is 230 g/mol. The zero-order valence-corrected chi connectivity index (χ0v) is 9.99. The Kier molecular flexibility index (Phi) is 4.84. The Balaban J connectivity index is 2.33. The first-order chi connectivity index (χ1) is 7.65. The highest BCUT2D eigenvalue weighted by Gasteiger charge is 2.13. The predicted octanol–water partition coefficient (Wildman–Crippen LogP) is 0.563. The second-order valence-electron chi connectivity index (χ2n) is 3.19. The number of amides is 1. The fourth-order valence-corrected chi connectivity index (χ4v) is 1.62. The second kappa shape index (κ2) is 6.16. The maximum absolute atomic E-state index is 11.7. The molecule has 1 aromatic heterocycles. The molecule has 0 aliphatic carbocycles. The van der Waals surface area contributed by atoms with Crippen molar-refractivity contribution in [3.05, 3.63) is 11.1 Å². The van der Waals surface area contributed by atoms with Crippen LogP contribution in [0.15, 0.2) is 6.20 Å². The number of esters is 1. The Labute approximate surface area is 97.4 Å². The molecule has 7 heteroatoms. The maximum Gasteiger partial charge on any atom is 0.305 e. The number of carbonyl (C=O) groups is 2. The fraction of sp³-hybridized carbons (Fsp3) is 0.556. The summed E-state index contributed by atoms with van der Waals surface area (Å²) in [7, 11) is 3.03. The first-order valence-corrected chi connectivity index (χ1v) is 5.52. The second-order valence-corrected chi connectivity index (χ2v) is 3.97. The largest absolute Gasteiger partial charge is 0.469 e. The average Bonchev–Trinajstić information content (AvgIpc) is 2.81. The predicted molar refractivity (Wildman–Crippen MR) is 58.1 cm³/mol. The van der Waals surface area contributed by atoms with Gasteiger partial charge in [0.25, 0.3) is 5.91 Å². The molecule has 1 rings (SSSR count). The van der Waals surface area contributed by atoms with Gasteiger partial charge >= 0.3 is 5.97 Å². The van der Waals surface area contributed by atoms with Crippen LogP contribution in [0.3, 0.4) is 0 Å². The highest BCUT2D eigenvalue weighted by Crippen LogP contribution is 2.06. The van der Waals surface area contributed by atoms with Crippen LogP contribution in [-0.4, -0.2) is 47.1 Å². The minimum atomic E-state index is -0.264. The molecule has 0 fully saturated rings. The van der Waals surface area contributed by atoms with Crippen LogP contribution in [0.2, 0.25) is 0 Å². The third kappa shape index (κ3) is 3.58. The molecule has 0 aromatic carbocycles. The van der Waals surface area contributed by atoms with E-state index in [4.69, 9.17) is 0 Å². The summed E-state index contributed by atoms with van der Waals surface area (Å²) >= 11 is 1.06. The Hall–Kier alpha value is -1.50. The topological polar surface area (TPSA) is 72.4 Å². The van der Waals surface area contributed by atoms with E-state index in [1.165, 1.54) is 18.2 Å². The van der Waals surface area contributed by atoms with Gasteiger partial charge in [-0.25, -0.2) is 0 Å². The molecule has 0 N–H and O–H groups in total. The minimum Gasteiger partial charge on any atom is -0.469 e. The zero-order valence-electron chi connectivity index (χ0n) is 9.17. The Morgan fingerprint density at radius 1 is 1.56 bits per heavy atom. The third-order valence-corrected chi connectivity index (χ3v) is 2.67. The Morgan fingerprint density at radius 2 is 2.31 bits per heavy atom. The summed E-state index contributed by atoms with van der Waals surface area (Å²) in [6.07, 6.45) is 2.33. The minimum absolute atomic E-state index is 0.125. The van der Waals surface area contributed by atoms with E-state index < -0.39 is 0 Å². The van der Waals surface area contributed by atoms with Crippen LogP contribution in [0.4, 0.5) is 0 Å². The normalized spacial score (nSPS) is 9.88. The zero-order chi connectivity index (χ0) is 12.0. The lowest BCUT2D eigenvalue weighted by molar-refractivity contribution is -0.140.